The van der Waals surface area contributed by atoms with Crippen LogP contribution >= 0.6 is 12.4 Å². The van der Waals surface area contributed by atoms with E-state index in [9.17, 15) is 4.79 Å². The van der Waals surface area contributed by atoms with Crippen molar-refractivity contribution in [1.82, 2.24) is 10.6 Å². The molecule has 1 aliphatic rings. The molecule has 0 aliphatic carbocycles. The number of hydrogen-bond acceptors (Lipinski definition) is 3. The van der Waals surface area contributed by atoms with Gasteiger partial charge in [0.2, 0.25) is 0 Å². The lowest BCUT2D eigenvalue weighted by atomic mass is 10.00. The summed E-state index contributed by atoms with van der Waals surface area (Å²) < 4.78 is 5.01. The first kappa shape index (κ1) is 13.1. The fraction of sp³-hybridized carbons (Fsp3) is 0.545. The summed E-state index contributed by atoms with van der Waals surface area (Å²) in [6.45, 7) is 2.83. The van der Waals surface area contributed by atoms with Gasteiger partial charge in [-0.15, -0.1) is 12.4 Å². The Morgan fingerprint density at radius 2 is 2.50 bits per heavy atom. The van der Waals surface area contributed by atoms with Crippen LogP contribution in [-0.4, -0.2) is 25.5 Å². The van der Waals surface area contributed by atoms with E-state index in [4.69, 9.17) is 4.42 Å². The molecule has 1 atom stereocenters. The van der Waals surface area contributed by atoms with Crippen molar-refractivity contribution in [2.45, 2.75) is 12.8 Å². The molecule has 0 bridgehead atoms. The molecular formula is C11H17ClN2O2. The van der Waals surface area contributed by atoms with E-state index in [0.29, 0.717) is 11.7 Å². The van der Waals surface area contributed by atoms with Crippen LogP contribution in [-0.2, 0) is 0 Å². The van der Waals surface area contributed by atoms with Crippen molar-refractivity contribution in [2.24, 2.45) is 5.92 Å². The Kier molecular flexibility index (Phi) is 5.35. The monoisotopic (exact) mass is 244 g/mol. The maximum Gasteiger partial charge on any atom is 0.286 e. The summed E-state index contributed by atoms with van der Waals surface area (Å²) in [4.78, 5) is 11.5. The first-order valence-corrected chi connectivity index (χ1v) is 5.38. The van der Waals surface area contributed by atoms with E-state index in [2.05, 4.69) is 10.6 Å². The number of carbonyl (C=O) groups excluding carboxylic acids is 1. The molecule has 1 aliphatic heterocycles. The third-order valence-corrected chi connectivity index (χ3v) is 2.70. The minimum Gasteiger partial charge on any atom is -0.459 e. The topological polar surface area (TPSA) is 54.3 Å². The molecule has 2 rings (SSSR count). The molecule has 4 nitrogen and oxygen atoms in total. The lowest BCUT2D eigenvalue weighted by Gasteiger charge is -2.22. The van der Waals surface area contributed by atoms with Crippen molar-refractivity contribution in [2.75, 3.05) is 19.6 Å². The Labute approximate surface area is 101 Å². The van der Waals surface area contributed by atoms with Crippen LogP contribution in [0.4, 0.5) is 0 Å². The van der Waals surface area contributed by atoms with Crippen molar-refractivity contribution < 1.29 is 9.21 Å². The van der Waals surface area contributed by atoms with Gasteiger partial charge in [-0.2, -0.15) is 0 Å². The molecule has 1 fully saturated rings. The third kappa shape index (κ3) is 3.54. The molecular weight excluding hydrogens is 228 g/mol. The molecule has 1 unspecified atom stereocenters. The average molecular weight is 245 g/mol. The van der Waals surface area contributed by atoms with Gasteiger partial charge in [-0.3, -0.25) is 4.79 Å². The van der Waals surface area contributed by atoms with Gasteiger partial charge in [0.25, 0.3) is 5.91 Å². The largest absolute Gasteiger partial charge is 0.459 e. The second-order valence-electron chi connectivity index (χ2n) is 3.90. The van der Waals surface area contributed by atoms with Crippen LogP contribution in [0.3, 0.4) is 0 Å². The predicted molar refractivity (Wildman–Crippen MR) is 63.9 cm³/mol. The molecule has 0 saturated carbocycles. The van der Waals surface area contributed by atoms with Crippen molar-refractivity contribution in [3.63, 3.8) is 0 Å². The highest BCUT2D eigenvalue weighted by atomic mass is 35.5. The molecule has 1 amide bonds. The molecule has 16 heavy (non-hydrogen) atoms. The van der Waals surface area contributed by atoms with Crippen molar-refractivity contribution in [3.05, 3.63) is 24.2 Å². The molecule has 90 valence electrons. The average Bonchev–Trinajstić information content (AvgIpc) is 2.81. The van der Waals surface area contributed by atoms with E-state index in [1.54, 1.807) is 12.1 Å². The fourth-order valence-electron chi connectivity index (χ4n) is 1.83. The van der Waals surface area contributed by atoms with Gasteiger partial charge in [-0.25, -0.2) is 0 Å². The molecule has 1 aromatic heterocycles. The number of amides is 1. The quantitative estimate of drug-likeness (QED) is 0.846. The van der Waals surface area contributed by atoms with Crippen LogP contribution in [0.1, 0.15) is 23.4 Å². The molecule has 2 N–H and O–H groups in total. The summed E-state index contributed by atoms with van der Waals surface area (Å²) in [5.74, 6) is 0.821. The van der Waals surface area contributed by atoms with Crippen molar-refractivity contribution in [3.8, 4) is 0 Å². The van der Waals surface area contributed by atoms with E-state index >= 15 is 0 Å². The molecule has 2 heterocycles. The molecule has 0 aromatic carbocycles. The number of carbonyl (C=O) groups is 1. The summed E-state index contributed by atoms with van der Waals surface area (Å²) in [5, 5.41) is 6.20. The van der Waals surface area contributed by atoms with Crippen LogP contribution in [0, 0.1) is 5.92 Å². The van der Waals surface area contributed by atoms with Gasteiger partial charge in [-0.1, -0.05) is 0 Å². The number of hydrogen-bond donors (Lipinski definition) is 2. The number of rotatable bonds is 3. The van der Waals surface area contributed by atoms with Crippen LogP contribution in [0.5, 0.6) is 0 Å². The summed E-state index contributed by atoms with van der Waals surface area (Å²) in [5.41, 5.74) is 0. The Morgan fingerprint density at radius 1 is 1.62 bits per heavy atom. The molecule has 1 aromatic rings. The first-order valence-electron chi connectivity index (χ1n) is 5.38. The fourth-order valence-corrected chi connectivity index (χ4v) is 1.83. The minimum absolute atomic E-state index is 0. The number of halogens is 1. The van der Waals surface area contributed by atoms with E-state index < -0.39 is 0 Å². The lowest BCUT2D eigenvalue weighted by molar-refractivity contribution is 0.0917. The Hall–Kier alpha value is -1.00. The van der Waals surface area contributed by atoms with Crippen molar-refractivity contribution in [1.29, 1.82) is 0 Å². The Balaban J connectivity index is 0.00000128. The number of nitrogens with one attached hydrogen (secondary N) is 2. The highest BCUT2D eigenvalue weighted by Gasteiger charge is 2.15. The van der Waals surface area contributed by atoms with Gasteiger partial charge in [0.1, 0.15) is 0 Å². The smallest absolute Gasteiger partial charge is 0.286 e. The summed E-state index contributed by atoms with van der Waals surface area (Å²) in [6, 6.07) is 3.39. The zero-order valence-electron chi connectivity index (χ0n) is 9.07. The second-order valence-corrected chi connectivity index (χ2v) is 3.90. The maximum atomic E-state index is 11.5. The van der Waals surface area contributed by atoms with Crippen LogP contribution in [0.2, 0.25) is 0 Å². The number of furan rings is 1. The standard InChI is InChI=1S/C11H16N2O2.ClH/c14-11(10-4-2-6-15-10)13-8-9-3-1-5-12-7-9;/h2,4,6,9,12H,1,3,5,7-8H2,(H,13,14);1H. The van der Waals surface area contributed by atoms with Crippen LogP contribution < -0.4 is 10.6 Å². The minimum atomic E-state index is -0.120. The zero-order valence-corrected chi connectivity index (χ0v) is 9.89. The number of piperidine rings is 1. The van der Waals surface area contributed by atoms with Gasteiger partial charge in [0.15, 0.2) is 5.76 Å². The second kappa shape index (κ2) is 6.55. The van der Waals surface area contributed by atoms with Crippen LogP contribution in [0.25, 0.3) is 0 Å². The van der Waals surface area contributed by atoms with Gasteiger partial charge in [-0.05, 0) is 44.0 Å². The summed E-state index contributed by atoms with van der Waals surface area (Å²) >= 11 is 0. The van der Waals surface area contributed by atoms with Gasteiger partial charge >= 0.3 is 0 Å². The lowest BCUT2D eigenvalue weighted by Crippen LogP contribution is -2.38. The molecule has 0 radical (unpaired) electrons. The van der Waals surface area contributed by atoms with E-state index in [1.807, 2.05) is 0 Å². The predicted octanol–water partition coefficient (Wildman–Crippen LogP) is 1.43. The zero-order chi connectivity index (χ0) is 10.5. The summed E-state index contributed by atoms with van der Waals surface area (Å²) in [6.07, 6.45) is 3.89. The summed E-state index contributed by atoms with van der Waals surface area (Å²) in [7, 11) is 0. The molecule has 1 saturated heterocycles. The van der Waals surface area contributed by atoms with E-state index in [0.717, 1.165) is 19.6 Å². The Bertz CT molecular complexity index is 308. The van der Waals surface area contributed by atoms with Gasteiger partial charge in [0.05, 0.1) is 6.26 Å². The highest BCUT2D eigenvalue weighted by Crippen LogP contribution is 2.08. The maximum absolute atomic E-state index is 11.5. The Morgan fingerprint density at radius 3 is 3.12 bits per heavy atom. The van der Waals surface area contributed by atoms with Crippen molar-refractivity contribution >= 4 is 18.3 Å². The first-order chi connectivity index (χ1) is 7.36. The SMILES string of the molecule is Cl.O=C(NCC1CCCNC1)c1ccco1. The third-order valence-electron chi connectivity index (χ3n) is 2.70. The van der Waals surface area contributed by atoms with E-state index in [-0.39, 0.29) is 18.3 Å². The van der Waals surface area contributed by atoms with Crippen LogP contribution in [0.15, 0.2) is 22.8 Å². The van der Waals surface area contributed by atoms with E-state index in [1.165, 1.54) is 19.1 Å². The molecule has 5 heteroatoms. The highest BCUT2D eigenvalue weighted by molar-refractivity contribution is 5.91. The van der Waals surface area contributed by atoms with Gasteiger partial charge in [0, 0.05) is 6.54 Å². The normalized spacial score (nSPS) is 19.9. The van der Waals surface area contributed by atoms with Gasteiger partial charge < -0.3 is 15.1 Å². The molecule has 0 spiro atoms.